The molecule has 0 aromatic heterocycles. The highest BCUT2D eigenvalue weighted by atomic mass is 35.5. The first-order chi connectivity index (χ1) is 11.6. The van der Waals surface area contributed by atoms with Gasteiger partial charge in [-0.2, -0.15) is 0 Å². The number of hydrogen-bond acceptors (Lipinski definition) is 2. The smallest absolute Gasteiger partial charge is 0.404 e. The van der Waals surface area contributed by atoms with Crippen LogP contribution in [-0.2, 0) is 4.79 Å². The Morgan fingerprint density at radius 2 is 1.88 bits per heavy atom. The summed E-state index contributed by atoms with van der Waals surface area (Å²) in [4.78, 5) is 13.7. The van der Waals surface area contributed by atoms with Crippen LogP contribution in [0.2, 0.25) is 5.02 Å². The predicted octanol–water partition coefficient (Wildman–Crippen LogP) is 5.03. The number of amides is 1. The van der Waals surface area contributed by atoms with Crippen molar-refractivity contribution in [3.8, 4) is 18.1 Å². The van der Waals surface area contributed by atoms with Crippen LogP contribution in [0.4, 0.5) is 18.9 Å². The van der Waals surface area contributed by atoms with Crippen molar-refractivity contribution in [2.75, 3.05) is 4.90 Å². The van der Waals surface area contributed by atoms with Crippen LogP contribution < -0.4 is 9.64 Å². The summed E-state index contributed by atoms with van der Waals surface area (Å²) in [6.45, 7) is 4.21. The van der Waals surface area contributed by atoms with Gasteiger partial charge in [0.05, 0.1) is 5.02 Å². The average Bonchev–Trinajstić information content (AvgIpc) is 2.48. The lowest BCUT2D eigenvalue weighted by molar-refractivity contribution is -0.274. The summed E-state index contributed by atoms with van der Waals surface area (Å²) < 4.78 is 41.0. The van der Waals surface area contributed by atoms with Crippen LogP contribution in [-0.4, -0.2) is 18.3 Å². The van der Waals surface area contributed by atoms with Crippen molar-refractivity contribution in [2.24, 2.45) is 11.8 Å². The van der Waals surface area contributed by atoms with E-state index >= 15 is 0 Å². The molecule has 25 heavy (non-hydrogen) atoms. The Labute approximate surface area is 150 Å². The van der Waals surface area contributed by atoms with Crippen molar-refractivity contribution in [1.82, 2.24) is 0 Å². The molecule has 1 saturated carbocycles. The third-order valence-electron chi connectivity index (χ3n) is 4.28. The molecule has 0 heterocycles. The number of halogens is 4. The molecular formula is C18H19ClF3NO2. The van der Waals surface area contributed by atoms with Crippen LogP contribution in [0.5, 0.6) is 5.75 Å². The molecule has 2 unspecified atom stereocenters. The second-order valence-electron chi connectivity index (χ2n) is 6.55. The van der Waals surface area contributed by atoms with Gasteiger partial charge in [-0.25, -0.2) is 0 Å². The monoisotopic (exact) mass is 373 g/mol. The molecule has 0 spiro atoms. The van der Waals surface area contributed by atoms with Crippen molar-refractivity contribution in [2.45, 2.75) is 45.5 Å². The summed E-state index contributed by atoms with van der Waals surface area (Å²) in [7, 11) is 0. The maximum absolute atomic E-state index is 12.4. The number of alkyl halides is 3. The zero-order valence-corrected chi connectivity index (χ0v) is 14.7. The molecule has 1 aliphatic carbocycles. The molecule has 0 saturated heterocycles. The van der Waals surface area contributed by atoms with Gasteiger partial charge in [0.2, 0.25) is 0 Å². The molecule has 0 N–H and O–H groups in total. The summed E-state index contributed by atoms with van der Waals surface area (Å²) in [6, 6.07) is 3.62. The third kappa shape index (κ3) is 5.05. The van der Waals surface area contributed by atoms with Gasteiger partial charge in [-0.1, -0.05) is 25.4 Å². The quantitative estimate of drug-likeness (QED) is 0.695. The fraction of sp³-hybridized carbons (Fsp3) is 0.500. The molecule has 0 radical (unpaired) electrons. The normalized spacial score (nSPS) is 23.6. The first-order valence-corrected chi connectivity index (χ1v) is 8.33. The van der Waals surface area contributed by atoms with Crippen LogP contribution in [0.15, 0.2) is 18.2 Å². The van der Waals surface area contributed by atoms with Crippen molar-refractivity contribution in [3.63, 3.8) is 0 Å². The summed E-state index contributed by atoms with van der Waals surface area (Å²) >= 11 is 5.91. The molecule has 1 fully saturated rings. The van der Waals surface area contributed by atoms with Gasteiger partial charge in [0.25, 0.3) is 0 Å². The van der Waals surface area contributed by atoms with E-state index in [1.165, 1.54) is 17.0 Å². The van der Waals surface area contributed by atoms with Gasteiger partial charge in [0, 0.05) is 11.7 Å². The van der Waals surface area contributed by atoms with E-state index in [4.69, 9.17) is 18.0 Å². The maximum Gasteiger partial charge on any atom is 0.573 e. The van der Waals surface area contributed by atoms with Crippen molar-refractivity contribution < 1.29 is 22.7 Å². The molecule has 2 atom stereocenters. The predicted molar refractivity (Wildman–Crippen MR) is 90.4 cm³/mol. The molecule has 0 aliphatic heterocycles. The minimum absolute atomic E-state index is 0.118. The zero-order chi connectivity index (χ0) is 18.8. The largest absolute Gasteiger partial charge is 0.573 e. The van der Waals surface area contributed by atoms with E-state index in [2.05, 4.69) is 24.5 Å². The molecule has 1 aromatic rings. The Morgan fingerprint density at radius 1 is 1.28 bits per heavy atom. The van der Waals surface area contributed by atoms with E-state index in [0.717, 1.165) is 25.3 Å². The van der Waals surface area contributed by atoms with E-state index in [1.54, 1.807) is 0 Å². The first kappa shape index (κ1) is 19.5. The van der Waals surface area contributed by atoms with Crippen molar-refractivity contribution in [1.29, 1.82) is 0 Å². The number of hydrogen-bond donors (Lipinski definition) is 0. The lowest BCUT2D eigenvalue weighted by Gasteiger charge is -2.38. The van der Waals surface area contributed by atoms with Gasteiger partial charge in [0.15, 0.2) is 0 Å². The van der Waals surface area contributed by atoms with Crippen LogP contribution in [0.3, 0.4) is 0 Å². The minimum atomic E-state index is -4.84. The Kier molecular flexibility index (Phi) is 5.89. The molecule has 2 rings (SSSR count). The Hall–Kier alpha value is -1.87. The lowest BCUT2D eigenvalue weighted by atomic mass is 9.79. The number of ether oxygens (including phenoxy) is 1. The van der Waals surface area contributed by atoms with Crippen LogP contribution >= 0.6 is 11.6 Å². The minimum Gasteiger partial charge on any atom is -0.404 e. The lowest BCUT2D eigenvalue weighted by Crippen LogP contribution is -2.44. The van der Waals surface area contributed by atoms with E-state index in [1.807, 2.05) is 0 Å². The van der Waals surface area contributed by atoms with Gasteiger partial charge in [0.1, 0.15) is 5.75 Å². The van der Waals surface area contributed by atoms with E-state index < -0.39 is 18.0 Å². The fourth-order valence-corrected chi connectivity index (χ4v) is 3.74. The van der Waals surface area contributed by atoms with E-state index in [9.17, 15) is 18.0 Å². The number of anilines is 1. The number of rotatable bonds is 3. The molecular weight excluding hydrogens is 355 g/mol. The molecule has 7 heteroatoms. The number of carbonyl (C=O) groups excluding carboxylic acids is 1. The highest BCUT2D eigenvalue weighted by Gasteiger charge is 2.34. The average molecular weight is 374 g/mol. The van der Waals surface area contributed by atoms with Crippen LogP contribution in [0.25, 0.3) is 0 Å². The van der Waals surface area contributed by atoms with Crippen molar-refractivity contribution >= 4 is 23.2 Å². The molecule has 0 bridgehead atoms. The number of benzene rings is 1. The fourth-order valence-electron chi connectivity index (χ4n) is 3.53. The first-order valence-electron chi connectivity index (χ1n) is 7.95. The molecule has 1 amide bonds. The standard InChI is InChI=1S/C18H19ClF3NO2/c1-4-17(24)23(14-8-11(2)7-12(3)9-14)13-5-6-16(15(19)10-13)25-18(20,21)22/h1,5-6,10-12,14H,7-9H2,2-3H3. The van der Waals surface area contributed by atoms with Crippen LogP contribution in [0.1, 0.15) is 33.1 Å². The highest BCUT2D eigenvalue weighted by Crippen LogP contribution is 2.37. The van der Waals surface area contributed by atoms with E-state index in [0.29, 0.717) is 17.5 Å². The molecule has 1 aliphatic rings. The summed E-state index contributed by atoms with van der Waals surface area (Å²) in [5, 5.41) is -0.235. The second kappa shape index (κ2) is 7.57. The van der Waals surface area contributed by atoms with E-state index in [-0.39, 0.29) is 11.1 Å². The molecule has 3 nitrogen and oxygen atoms in total. The SMILES string of the molecule is C#CC(=O)N(c1ccc(OC(F)(F)F)c(Cl)c1)C1CC(C)CC(C)C1. The van der Waals surface area contributed by atoms with Crippen LogP contribution in [0, 0.1) is 24.2 Å². The van der Waals surface area contributed by atoms with Gasteiger partial charge in [-0.05, 0) is 55.2 Å². The highest BCUT2D eigenvalue weighted by molar-refractivity contribution is 6.32. The van der Waals surface area contributed by atoms with Gasteiger partial charge >= 0.3 is 12.3 Å². The number of carbonyl (C=O) groups is 1. The Bertz CT molecular complexity index is 674. The molecule has 1 aromatic carbocycles. The molecule has 136 valence electrons. The summed E-state index contributed by atoms with van der Waals surface area (Å²) in [5.41, 5.74) is 0.369. The maximum atomic E-state index is 12.4. The van der Waals surface area contributed by atoms with Gasteiger partial charge in [-0.15, -0.1) is 19.6 Å². The zero-order valence-electron chi connectivity index (χ0n) is 13.9. The topological polar surface area (TPSA) is 29.5 Å². The Morgan fingerprint density at radius 3 is 2.36 bits per heavy atom. The second-order valence-corrected chi connectivity index (χ2v) is 6.96. The summed E-state index contributed by atoms with van der Waals surface area (Å²) in [5.74, 6) is 1.89. The number of terminal acetylenes is 1. The van der Waals surface area contributed by atoms with Crippen molar-refractivity contribution in [3.05, 3.63) is 23.2 Å². The Balaban J connectivity index is 2.34. The van der Waals surface area contributed by atoms with Gasteiger partial charge < -0.3 is 4.74 Å². The summed E-state index contributed by atoms with van der Waals surface area (Å²) in [6.07, 6.45) is 3.06. The van der Waals surface area contributed by atoms with Gasteiger partial charge in [-0.3, -0.25) is 9.69 Å². The third-order valence-corrected chi connectivity index (χ3v) is 4.58. The number of nitrogens with zero attached hydrogens (tertiary/aromatic N) is 1.